The summed E-state index contributed by atoms with van der Waals surface area (Å²) in [4.78, 5) is 12.4. The first-order valence-electron chi connectivity index (χ1n) is 6.70. The Morgan fingerprint density at radius 3 is 2.90 bits per heavy atom. The fraction of sp³-hybridized carbons (Fsp3) is 0.286. The van der Waals surface area contributed by atoms with E-state index in [1.165, 1.54) is 0 Å². The van der Waals surface area contributed by atoms with Gasteiger partial charge in [0.25, 0.3) is 0 Å². The normalized spacial score (nSPS) is 21.2. The van der Waals surface area contributed by atoms with E-state index in [0.29, 0.717) is 12.4 Å². The highest BCUT2D eigenvalue weighted by molar-refractivity contribution is 5.99. The van der Waals surface area contributed by atoms with Crippen molar-refractivity contribution in [2.24, 2.45) is 0 Å². The molecular formula is C14H13N5O. The summed E-state index contributed by atoms with van der Waals surface area (Å²) in [5.74, 6) is 0.793. The van der Waals surface area contributed by atoms with Gasteiger partial charge in [-0.2, -0.15) is 4.68 Å². The molecule has 2 heterocycles. The number of nitrogens with zero attached hydrogens (tertiary/aromatic N) is 4. The third kappa shape index (κ3) is 1.57. The zero-order chi connectivity index (χ0) is 13.5. The molecule has 20 heavy (non-hydrogen) atoms. The molecule has 6 nitrogen and oxygen atoms in total. The molecule has 1 aromatic heterocycles. The number of fused-ring (bicyclic) bond motifs is 1. The zero-order valence-electron chi connectivity index (χ0n) is 10.8. The quantitative estimate of drug-likeness (QED) is 0.851. The summed E-state index contributed by atoms with van der Waals surface area (Å²) < 4.78 is 1.69. The van der Waals surface area contributed by atoms with Gasteiger partial charge in [-0.25, -0.2) is 0 Å². The second kappa shape index (κ2) is 4.26. The number of allylic oxidation sites excluding steroid dienone is 2. The van der Waals surface area contributed by atoms with E-state index in [1.807, 2.05) is 30.3 Å². The van der Waals surface area contributed by atoms with Crippen LogP contribution in [-0.4, -0.2) is 26.0 Å². The van der Waals surface area contributed by atoms with Crippen molar-refractivity contribution >= 4 is 11.7 Å². The maximum absolute atomic E-state index is 12.4. The van der Waals surface area contributed by atoms with Crippen molar-refractivity contribution in [3.8, 4) is 0 Å². The molecule has 0 spiro atoms. The molecule has 1 N–H and O–H groups in total. The summed E-state index contributed by atoms with van der Waals surface area (Å²) in [5, 5.41) is 15.0. The van der Waals surface area contributed by atoms with Crippen LogP contribution in [0.15, 0.2) is 41.6 Å². The molecule has 0 radical (unpaired) electrons. The van der Waals surface area contributed by atoms with E-state index >= 15 is 0 Å². The second-order valence-electron chi connectivity index (χ2n) is 5.05. The standard InChI is InChI=1S/C14H13N5O/c20-11-8-4-7-10-12(11)13(9-5-2-1-3-6-9)19-14(15-10)16-17-18-19/h1-3,5-6,13H,4,7-8H2,(H,15,16,18). The minimum absolute atomic E-state index is 0.189. The van der Waals surface area contributed by atoms with E-state index in [9.17, 15) is 4.79 Å². The summed E-state index contributed by atoms with van der Waals surface area (Å²) in [6, 6.07) is 9.69. The van der Waals surface area contributed by atoms with Gasteiger partial charge in [0, 0.05) is 17.7 Å². The van der Waals surface area contributed by atoms with Gasteiger partial charge in [0.1, 0.15) is 6.04 Å². The van der Waals surface area contributed by atoms with Crippen molar-refractivity contribution in [1.29, 1.82) is 0 Å². The second-order valence-corrected chi connectivity index (χ2v) is 5.05. The Hall–Kier alpha value is -2.50. The van der Waals surface area contributed by atoms with Crippen LogP contribution >= 0.6 is 0 Å². The number of rotatable bonds is 1. The Morgan fingerprint density at radius 2 is 2.05 bits per heavy atom. The minimum atomic E-state index is -0.217. The molecular weight excluding hydrogens is 254 g/mol. The van der Waals surface area contributed by atoms with Gasteiger partial charge in [0.15, 0.2) is 5.78 Å². The molecule has 1 aliphatic carbocycles. The Morgan fingerprint density at radius 1 is 1.20 bits per heavy atom. The van der Waals surface area contributed by atoms with E-state index in [2.05, 4.69) is 20.8 Å². The molecule has 0 saturated heterocycles. The number of hydrogen-bond acceptors (Lipinski definition) is 5. The number of benzene rings is 1. The van der Waals surface area contributed by atoms with Crippen molar-refractivity contribution in [3.63, 3.8) is 0 Å². The molecule has 0 amide bonds. The van der Waals surface area contributed by atoms with Gasteiger partial charge in [0.05, 0.1) is 0 Å². The first kappa shape index (κ1) is 11.3. The van der Waals surface area contributed by atoms with Gasteiger partial charge in [0.2, 0.25) is 5.95 Å². The third-order valence-corrected chi connectivity index (χ3v) is 3.84. The average Bonchev–Trinajstić information content (AvgIpc) is 2.94. The van der Waals surface area contributed by atoms with E-state index in [-0.39, 0.29) is 11.8 Å². The summed E-state index contributed by atoms with van der Waals surface area (Å²) in [5.41, 5.74) is 2.81. The lowest BCUT2D eigenvalue weighted by Crippen LogP contribution is -2.31. The zero-order valence-corrected chi connectivity index (χ0v) is 10.8. The first-order valence-corrected chi connectivity index (χ1v) is 6.70. The Bertz CT molecular complexity index is 703. The molecule has 0 saturated carbocycles. The third-order valence-electron chi connectivity index (χ3n) is 3.84. The van der Waals surface area contributed by atoms with Crippen molar-refractivity contribution < 1.29 is 4.79 Å². The molecule has 1 unspecified atom stereocenters. The number of carbonyl (C=O) groups is 1. The van der Waals surface area contributed by atoms with Crippen LogP contribution in [0.2, 0.25) is 0 Å². The predicted octanol–water partition coefficient (Wildman–Crippen LogP) is 1.70. The van der Waals surface area contributed by atoms with Gasteiger partial charge >= 0.3 is 0 Å². The molecule has 2 aromatic rings. The number of anilines is 1. The highest BCUT2D eigenvalue weighted by Crippen LogP contribution is 2.38. The van der Waals surface area contributed by atoms with Crippen LogP contribution in [0, 0.1) is 0 Å². The smallest absolute Gasteiger partial charge is 0.248 e. The summed E-state index contributed by atoms with van der Waals surface area (Å²) >= 11 is 0. The highest BCUT2D eigenvalue weighted by Gasteiger charge is 2.36. The number of ketones is 1. The first-order chi connectivity index (χ1) is 9.84. The van der Waals surface area contributed by atoms with Gasteiger partial charge < -0.3 is 5.32 Å². The van der Waals surface area contributed by atoms with Crippen molar-refractivity contribution in [1.82, 2.24) is 20.2 Å². The average molecular weight is 267 g/mol. The van der Waals surface area contributed by atoms with Crippen LogP contribution < -0.4 is 5.32 Å². The monoisotopic (exact) mass is 267 g/mol. The molecule has 6 heteroatoms. The molecule has 1 aromatic carbocycles. The lowest BCUT2D eigenvalue weighted by atomic mass is 9.85. The number of tetrazole rings is 1. The largest absolute Gasteiger partial charge is 0.326 e. The van der Waals surface area contributed by atoms with E-state index in [1.54, 1.807) is 4.68 Å². The number of hydrogen-bond donors (Lipinski definition) is 1. The number of Topliss-reactive ketones (excluding diaryl/α,β-unsaturated/α-hetero) is 1. The fourth-order valence-electron chi connectivity index (χ4n) is 2.96. The predicted molar refractivity (Wildman–Crippen MR) is 71.9 cm³/mol. The molecule has 100 valence electrons. The van der Waals surface area contributed by atoms with E-state index in [0.717, 1.165) is 29.7 Å². The summed E-state index contributed by atoms with van der Waals surface area (Å²) in [6.07, 6.45) is 2.35. The number of aromatic nitrogens is 4. The van der Waals surface area contributed by atoms with E-state index in [4.69, 9.17) is 0 Å². The van der Waals surface area contributed by atoms with Crippen LogP contribution in [0.3, 0.4) is 0 Å². The lowest BCUT2D eigenvalue weighted by Gasteiger charge is -2.31. The van der Waals surface area contributed by atoms with Gasteiger partial charge in [-0.1, -0.05) is 35.4 Å². The van der Waals surface area contributed by atoms with Crippen molar-refractivity contribution in [2.75, 3.05) is 5.32 Å². The summed E-state index contributed by atoms with van der Waals surface area (Å²) in [7, 11) is 0. The number of carbonyl (C=O) groups excluding carboxylic acids is 1. The Kier molecular flexibility index (Phi) is 2.42. The molecule has 2 aliphatic rings. The van der Waals surface area contributed by atoms with Crippen LogP contribution in [0.25, 0.3) is 0 Å². The van der Waals surface area contributed by atoms with Crippen LogP contribution in [0.5, 0.6) is 0 Å². The molecule has 1 atom stereocenters. The van der Waals surface area contributed by atoms with Crippen LogP contribution in [0.4, 0.5) is 5.95 Å². The lowest BCUT2D eigenvalue weighted by molar-refractivity contribution is -0.116. The maximum Gasteiger partial charge on any atom is 0.248 e. The van der Waals surface area contributed by atoms with Gasteiger partial charge in [-0.3, -0.25) is 4.79 Å². The maximum atomic E-state index is 12.4. The van der Waals surface area contributed by atoms with Crippen LogP contribution in [0.1, 0.15) is 30.9 Å². The van der Waals surface area contributed by atoms with Gasteiger partial charge in [-0.15, -0.1) is 0 Å². The Labute approximate surface area is 115 Å². The van der Waals surface area contributed by atoms with E-state index < -0.39 is 0 Å². The number of nitrogens with one attached hydrogen (secondary N) is 1. The molecule has 1 aliphatic heterocycles. The van der Waals surface area contributed by atoms with Crippen LogP contribution in [-0.2, 0) is 4.79 Å². The molecule has 0 bridgehead atoms. The molecule has 0 fully saturated rings. The highest BCUT2D eigenvalue weighted by atomic mass is 16.1. The SMILES string of the molecule is O=C1CCCC2=C1C(c1ccccc1)n1nnnc1N2. The topological polar surface area (TPSA) is 72.7 Å². The van der Waals surface area contributed by atoms with Gasteiger partial charge in [-0.05, 0) is 28.8 Å². The van der Waals surface area contributed by atoms with Crippen molar-refractivity contribution in [2.45, 2.75) is 25.3 Å². The fourth-order valence-corrected chi connectivity index (χ4v) is 2.96. The Balaban J connectivity index is 1.93. The molecule has 4 rings (SSSR count). The minimum Gasteiger partial charge on any atom is -0.326 e. The summed E-state index contributed by atoms with van der Waals surface area (Å²) in [6.45, 7) is 0. The van der Waals surface area contributed by atoms with Crippen molar-refractivity contribution in [3.05, 3.63) is 47.2 Å².